The fourth-order valence-electron chi connectivity index (χ4n) is 2.99. The summed E-state index contributed by atoms with van der Waals surface area (Å²) in [5, 5.41) is 14.6. The van der Waals surface area contributed by atoms with E-state index in [1.165, 1.54) is 12.8 Å². The molecule has 1 heterocycles. The minimum Gasteiger partial charge on any atom is -0.366 e. The third kappa shape index (κ3) is 3.14. The van der Waals surface area contributed by atoms with Gasteiger partial charge in [0.2, 0.25) is 0 Å². The van der Waals surface area contributed by atoms with Crippen LogP contribution in [-0.4, -0.2) is 22.5 Å². The summed E-state index contributed by atoms with van der Waals surface area (Å²) in [6, 6.07) is 12.6. The van der Waals surface area contributed by atoms with Gasteiger partial charge in [-0.25, -0.2) is 4.98 Å². The van der Waals surface area contributed by atoms with Gasteiger partial charge in [0.1, 0.15) is 11.9 Å². The number of pyridine rings is 1. The Hall–Kier alpha value is -1.73. The Kier molecular flexibility index (Phi) is 4.31. The first-order chi connectivity index (χ1) is 10.3. The van der Waals surface area contributed by atoms with Crippen LogP contribution in [-0.2, 0) is 0 Å². The third-order valence-electron chi connectivity index (χ3n) is 4.14. The Morgan fingerprint density at radius 1 is 1.33 bits per heavy atom. The smallest absolute Gasteiger partial charge is 0.144 e. The molecule has 0 amide bonds. The first kappa shape index (κ1) is 14.2. The van der Waals surface area contributed by atoms with E-state index in [9.17, 15) is 5.26 Å². The molecule has 1 aliphatic carbocycles. The van der Waals surface area contributed by atoms with Gasteiger partial charge in [0.25, 0.3) is 0 Å². The molecule has 21 heavy (non-hydrogen) atoms. The van der Waals surface area contributed by atoms with Crippen LogP contribution in [0.25, 0.3) is 10.9 Å². The van der Waals surface area contributed by atoms with Gasteiger partial charge in [0.15, 0.2) is 0 Å². The first-order valence-corrected chi connectivity index (χ1v) is 8.68. The van der Waals surface area contributed by atoms with Crippen molar-refractivity contribution in [3.8, 4) is 6.07 Å². The maximum Gasteiger partial charge on any atom is 0.144 e. The molecule has 2 aromatic rings. The summed E-state index contributed by atoms with van der Waals surface area (Å²) in [4.78, 5) is 4.65. The van der Waals surface area contributed by atoms with E-state index in [-0.39, 0.29) is 0 Å². The number of anilines is 1. The van der Waals surface area contributed by atoms with Crippen LogP contribution in [0.1, 0.15) is 31.2 Å². The lowest BCUT2D eigenvalue weighted by molar-refractivity contribution is 0.473. The van der Waals surface area contributed by atoms with Gasteiger partial charge in [0.05, 0.1) is 11.1 Å². The fraction of sp³-hybridized carbons (Fsp3) is 0.412. The average molecular weight is 297 g/mol. The lowest BCUT2D eigenvalue weighted by Crippen LogP contribution is -2.29. The minimum absolute atomic E-state index is 0.428. The summed E-state index contributed by atoms with van der Waals surface area (Å²) in [6.07, 6.45) is 7.05. The number of nitrogens with one attached hydrogen (secondary N) is 1. The van der Waals surface area contributed by atoms with Gasteiger partial charge in [-0.05, 0) is 37.7 Å². The van der Waals surface area contributed by atoms with Gasteiger partial charge < -0.3 is 5.32 Å². The zero-order valence-electron chi connectivity index (χ0n) is 12.2. The van der Waals surface area contributed by atoms with E-state index in [0.717, 1.165) is 34.8 Å². The second-order valence-electron chi connectivity index (χ2n) is 5.55. The molecular formula is C17H19N3S. The molecule has 2 atom stereocenters. The molecule has 4 heteroatoms. The van der Waals surface area contributed by atoms with E-state index >= 15 is 0 Å². The number of hydrogen-bond donors (Lipinski definition) is 1. The maximum absolute atomic E-state index is 9.37. The zero-order chi connectivity index (χ0) is 14.7. The predicted octanol–water partition coefficient (Wildman–Crippen LogP) is 4.19. The van der Waals surface area contributed by atoms with E-state index in [0.29, 0.717) is 11.6 Å². The quantitative estimate of drug-likeness (QED) is 0.922. The summed E-state index contributed by atoms with van der Waals surface area (Å²) in [7, 11) is 0. The molecule has 1 aliphatic rings. The van der Waals surface area contributed by atoms with Crippen LogP contribution in [0.2, 0.25) is 0 Å². The average Bonchev–Trinajstić information content (AvgIpc) is 2.54. The van der Waals surface area contributed by atoms with Crippen LogP contribution in [0.4, 0.5) is 5.82 Å². The van der Waals surface area contributed by atoms with Crippen molar-refractivity contribution in [1.82, 2.24) is 4.98 Å². The number of fused-ring (bicyclic) bond motifs is 1. The summed E-state index contributed by atoms with van der Waals surface area (Å²) >= 11 is 1.95. The van der Waals surface area contributed by atoms with Gasteiger partial charge in [-0.2, -0.15) is 17.0 Å². The van der Waals surface area contributed by atoms with Crippen LogP contribution >= 0.6 is 11.8 Å². The van der Waals surface area contributed by atoms with Gasteiger partial charge >= 0.3 is 0 Å². The van der Waals surface area contributed by atoms with Crippen LogP contribution < -0.4 is 5.32 Å². The monoisotopic (exact) mass is 297 g/mol. The van der Waals surface area contributed by atoms with Crippen molar-refractivity contribution in [2.75, 3.05) is 11.6 Å². The third-order valence-corrected chi connectivity index (χ3v) is 5.24. The van der Waals surface area contributed by atoms with Crippen molar-refractivity contribution in [3.63, 3.8) is 0 Å². The van der Waals surface area contributed by atoms with E-state index in [2.05, 4.69) is 22.6 Å². The van der Waals surface area contributed by atoms with E-state index in [4.69, 9.17) is 0 Å². The number of nitriles is 1. The van der Waals surface area contributed by atoms with Crippen molar-refractivity contribution in [1.29, 1.82) is 5.26 Å². The SMILES string of the molecule is CSC1CCCC(Nc2nc3ccccc3cc2C#N)C1. The highest BCUT2D eigenvalue weighted by molar-refractivity contribution is 7.99. The number of rotatable bonds is 3. The standard InChI is InChI=1S/C17H19N3S/c1-21-15-7-4-6-14(10-15)19-17-13(11-18)9-12-5-2-3-8-16(12)20-17/h2-3,5,8-9,14-15H,4,6-7,10H2,1H3,(H,19,20). The summed E-state index contributed by atoms with van der Waals surface area (Å²) in [6.45, 7) is 0. The number of aromatic nitrogens is 1. The number of hydrogen-bond acceptors (Lipinski definition) is 4. The molecule has 0 bridgehead atoms. The number of para-hydroxylation sites is 1. The highest BCUT2D eigenvalue weighted by Gasteiger charge is 2.22. The molecule has 2 unspecified atom stereocenters. The normalized spacial score (nSPS) is 21.9. The van der Waals surface area contributed by atoms with Crippen molar-refractivity contribution < 1.29 is 0 Å². The van der Waals surface area contributed by atoms with E-state index in [1.807, 2.05) is 42.1 Å². The van der Waals surface area contributed by atoms with Crippen LogP contribution in [0, 0.1) is 11.3 Å². The summed E-state index contributed by atoms with van der Waals surface area (Å²) < 4.78 is 0. The Morgan fingerprint density at radius 3 is 3.00 bits per heavy atom. The van der Waals surface area contributed by atoms with Crippen molar-refractivity contribution in [2.45, 2.75) is 37.0 Å². The topological polar surface area (TPSA) is 48.7 Å². The van der Waals surface area contributed by atoms with Gasteiger partial charge in [0, 0.05) is 16.7 Å². The molecule has 108 valence electrons. The molecule has 1 aromatic heterocycles. The van der Waals surface area contributed by atoms with E-state index in [1.54, 1.807) is 0 Å². The molecule has 3 rings (SSSR count). The molecule has 1 fully saturated rings. The highest BCUT2D eigenvalue weighted by atomic mass is 32.2. The lowest BCUT2D eigenvalue weighted by atomic mass is 9.95. The van der Waals surface area contributed by atoms with Crippen molar-refractivity contribution >= 4 is 28.5 Å². The number of thioether (sulfide) groups is 1. The van der Waals surface area contributed by atoms with Gasteiger partial charge in [-0.15, -0.1) is 0 Å². The molecule has 1 aromatic carbocycles. The molecular weight excluding hydrogens is 278 g/mol. The van der Waals surface area contributed by atoms with Crippen molar-refractivity contribution in [3.05, 3.63) is 35.9 Å². The highest BCUT2D eigenvalue weighted by Crippen LogP contribution is 2.29. The number of nitrogens with zero attached hydrogens (tertiary/aromatic N) is 2. The van der Waals surface area contributed by atoms with E-state index < -0.39 is 0 Å². The molecule has 0 radical (unpaired) electrons. The Balaban J connectivity index is 1.87. The second-order valence-corrected chi connectivity index (χ2v) is 6.69. The predicted molar refractivity (Wildman–Crippen MR) is 89.6 cm³/mol. The molecule has 0 saturated heterocycles. The lowest BCUT2D eigenvalue weighted by Gasteiger charge is -2.29. The maximum atomic E-state index is 9.37. The first-order valence-electron chi connectivity index (χ1n) is 7.39. The fourth-order valence-corrected chi connectivity index (χ4v) is 3.82. The van der Waals surface area contributed by atoms with Crippen LogP contribution in [0.5, 0.6) is 0 Å². The van der Waals surface area contributed by atoms with Crippen LogP contribution in [0.15, 0.2) is 30.3 Å². The Labute approximate surface area is 129 Å². The van der Waals surface area contributed by atoms with Crippen molar-refractivity contribution in [2.24, 2.45) is 0 Å². The second kappa shape index (κ2) is 6.36. The molecule has 1 N–H and O–H groups in total. The largest absolute Gasteiger partial charge is 0.366 e. The summed E-state index contributed by atoms with van der Waals surface area (Å²) in [5.74, 6) is 0.739. The summed E-state index contributed by atoms with van der Waals surface area (Å²) in [5.41, 5.74) is 1.58. The van der Waals surface area contributed by atoms with Gasteiger partial charge in [-0.3, -0.25) is 0 Å². The Bertz CT molecular complexity index is 677. The molecule has 1 saturated carbocycles. The van der Waals surface area contributed by atoms with Crippen LogP contribution in [0.3, 0.4) is 0 Å². The minimum atomic E-state index is 0.428. The zero-order valence-corrected chi connectivity index (χ0v) is 13.0. The molecule has 3 nitrogen and oxygen atoms in total. The molecule has 0 spiro atoms. The number of benzene rings is 1. The van der Waals surface area contributed by atoms with Gasteiger partial charge in [-0.1, -0.05) is 24.6 Å². The Morgan fingerprint density at radius 2 is 2.19 bits per heavy atom. The molecule has 0 aliphatic heterocycles.